The summed E-state index contributed by atoms with van der Waals surface area (Å²) >= 11 is 0. The average Bonchev–Trinajstić information content (AvgIpc) is 2.15. The normalized spacial score (nSPS) is 16.6. The van der Waals surface area contributed by atoms with E-state index in [9.17, 15) is 4.79 Å². The predicted molar refractivity (Wildman–Crippen MR) is 26.9 cm³/mol. The van der Waals surface area contributed by atoms with Crippen LogP contribution < -0.4 is 0 Å². The molecule has 4 heteroatoms. The van der Waals surface area contributed by atoms with Crippen molar-refractivity contribution in [3.63, 3.8) is 0 Å². The molecule has 4 nitrogen and oxygen atoms in total. The molecule has 1 aliphatic heterocycles. The van der Waals surface area contributed by atoms with E-state index < -0.39 is 12.4 Å². The minimum atomic E-state index is -0.873. The van der Waals surface area contributed by atoms with Gasteiger partial charge in [-0.2, -0.15) is 0 Å². The Morgan fingerprint density at radius 2 is 2.11 bits per heavy atom. The van der Waals surface area contributed by atoms with Crippen LogP contribution in [0, 0.1) is 0 Å². The fraction of sp³-hybridized carbons (Fsp3) is 0.400. The summed E-state index contributed by atoms with van der Waals surface area (Å²) in [6.45, 7) is 0.410. The third kappa shape index (κ3) is 1.64. The highest BCUT2D eigenvalue weighted by atomic mass is 16.9. The predicted octanol–water partition coefficient (Wildman–Crippen LogP) is 0.351. The lowest BCUT2D eigenvalue weighted by Crippen LogP contribution is -2.15. The summed E-state index contributed by atoms with van der Waals surface area (Å²) in [6, 6.07) is 0. The Hall–Kier alpha value is -1.19. The van der Waals surface area contributed by atoms with Crippen molar-refractivity contribution in [1.29, 1.82) is 0 Å². The second-order valence-corrected chi connectivity index (χ2v) is 1.44. The molecule has 0 fully saturated rings. The van der Waals surface area contributed by atoms with Crippen molar-refractivity contribution in [1.82, 2.24) is 0 Å². The highest BCUT2D eigenvalue weighted by Gasteiger charge is 2.14. The van der Waals surface area contributed by atoms with E-state index in [1.165, 1.54) is 19.4 Å². The van der Waals surface area contributed by atoms with E-state index in [2.05, 4.69) is 14.2 Å². The van der Waals surface area contributed by atoms with Crippen LogP contribution in [0.25, 0.3) is 0 Å². The van der Waals surface area contributed by atoms with Crippen LogP contribution in [0.15, 0.2) is 12.5 Å². The van der Waals surface area contributed by atoms with E-state index in [-0.39, 0.29) is 0 Å². The fourth-order valence-electron chi connectivity index (χ4n) is 0.416. The highest BCUT2D eigenvalue weighted by Crippen LogP contribution is 2.05. The summed E-state index contributed by atoms with van der Waals surface area (Å²) < 4.78 is 13.7. The monoisotopic (exact) mass is 130 g/mol. The van der Waals surface area contributed by atoms with E-state index in [0.717, 1.165) is 0 Å². The summed E-state index contributed by atoms with van der Waals surface area (Å²) in [6.07, 6.45) is 2.63. The molecule has 9 heavy (non-hydrogen) atoms. The lowest BCUT2D eigenvalue weighted by molar-refractivity contribution is -0.217. The molecule has 0 saturated heterocycles. The van der Waals surface area contributed by atoms with Crippen molar-refractivity contribution in [3.05, 3.63) is 12.5 Å². The van der Waals surface area contributed by atoms with Crippen molar-refractivity contribution in [3.8, 4) is 0 Å². The number of hydrogen-bond acceptors (Lipinski definition) is 4. The van der Waals surface area contributed by atoms with Gasteiger partial charge in [0.2, 0.25) is 0 Å². The Bertz CT molecular complexity index is 132. The van der Waals surface area contributed by atoms with Gasteiger partial charge in [0.15, 0.2) is 0 Å². The number of rotatable bonds is 1. The van der Waals surface area contributed by atoms with Crippen molar-refractivity contribution in [2.24, 2.45) is 0 Å². The molecule has 0 bridgehead atoms. The van der Waals surface area contributed by atoms with Gasteiger partial charge in [-0.1, -0.05) is 0 Å². The Morgan fingerprint density at radius 1 is 1.56 bits per heavy atom. The van der Waals surface area contributed by atoms with E-state index >= 15 is 0 Å². The topological polar surface area (TPSA) is 44.8 Å². The molecule has 0 amide bonds. The SMILES string of the molecule is CC(=O)OC1OC=CO1. The van der Waals surface area contributed by atoms with E-state index in [0.29, 0.717) is 0 Å². The van der Waals surface area contributed by atoms with Gasteiger partial charge in [-0.15, -0.1) is 0 Å². The maximum atomic E-state index is 10.2. The lowest BCUT2D eigenvalue weighted by atomic mass is 10.8. The largest absolute Gasteiger partial charge is 0.428 e. The van der Waals surface area contributed by atoms with Gasteiger partial charge in [0.25, 0.3) is 0 Å². The van der Waals surface area contributed by atoms with Crippen LogP contribution in [0.2, 0.25) is 0 Å². The van der Waals surface area contributed by atoms with Gasteiger partial charge in [0, 0.05) is 6.92 Å². The molecule has 0 radical (unpaired) electrons. The minimum absolute atomic E-state index is 0.427. The molecule has 1 rings (SSSR count). The zero-order valence-corrected chi connectivity index (χ0v) is 4.87. The van der Waals surface area contributed by atoms with Crippen LogP contribution >= 0.6 is 0 Å². The molecule has 1 heterocycles. The van der Waals surface area contributed by atoms with Gasteiger partial charge < -0.3 is 14.2 Å². The molecule has 0 aromatic rings. The lowest BCUT2D eigenvalue weighted by Gasteiger charge is -2.07. The number of carbonyl (C=O) groups is 1. The van der Waals surface area contributed by atoms with E-state index in [4.69, 9.17) is 0 Å². The summed E-state index contributed by atoms with van der Waals surface area (Å²) in [7, 11) is 0. The highest BCUT2D eigenvalue weighted by molar-refractivity contribution is 5.65. The van der Waals surface area contributed by atoms with E-state index in [1.807, 2.05) is 0 Å². The molecule has 0 N–H and O–H groups in total. The molecule has 1 aliphatic rings. The second kappa shape index (κ2) is 2.39. The Morgan fingerprint density at radius 3 is 2.56 bits per heavy atom. The van der Waals surface area contributed by atoms with Crippen LogP contribution in [-0.4, -0.2) is 12.4 Å². The van der Waals surface area contributed by atoms with Crippen LogP contribution in [0.4, 0.5) is 0 Å². The Labute approximate surface area is 52.0 Å². The molecule has 0 spiro atoms. The third-order valence-electron chi connectivity index (χ3n) is 0.697. The zero-order valence-electron chi connectivity index (χ0n) is 4.87. The maximum Gasteiger partial charge on any atom is 0.407 e. The van der Waals surface area contributed by atoms with Gasteiger partial charge in [0.1, 0.15) is 12.5 Å². The number of esters is 1. The summed E-state index contributed by atoms with van der Waals surface area (Å²) in [4.78, 5) is 10.2. The van der Waals surface area contributed by atoms with Gasteiger partial charge in [-0.05, 0) is 0 Å². The van der Waals surface area contributed by atoms with Gasteiger partial charge >= 0.3 is 12.4 Å². The molecule has 0 saturated carbocycles. The molecule has 0 aliphatic carbocycles. The smallest absolute Gasteiger partial charge is 0.407 e. The zero-order chi connectivity index (χ0) is 6.69. The quantitative estimate of drug-likeness (QED) is 0.480. The van der Waals surface area contributed by atoms with Gasteiger partial charge in [-0.3, -0.25) is 4.79 Å². The van der Waals surface area contributed by atoms with Crippen LogP contribution in [-0.2, 0) is 19.0 Å². The van der Waals surface area contributed by atoms with Crippen molar-refractivity contribution < 1.29 is 19.0 Å². The Balaban J connectivity index is 2.22. The van der Waals surface area contributed by atoms with Crippen molar-refractivity contribution in [2.45, 2.75) is 13.4 Å². The molecule has 0 unspecified atom stereocenters. The fourth-order valence-corrected chi connectivity index (χ4v) is 0.416. The van der Waals surface area contributed by atoms with Crippen LogP contribution in [0.1, 0.15) is 6.92 Å². The van der Waals surface area contributed by atoms with E-state index in [1.54, 1.807) is 0 Å². The van der Waals surface area contributed by atoms with Gasteiger partial charge in [0.05, 0.1) is 0 Å². The molecule has 0 aromatic carbocycles. The number of hydrogen-bond donors (Lipinski definition) is 0. The first-order chi connectivity index (χ1) is 4.29. The first-order valence-electron chi connectivity index (χ1n) is 2.42. The van der Waals surface area contributed by atoms with Crippen molar-refractivity contribution >= 4 is 5.97 Å². The maximum absolute atomic E-state index is 10.2. The first kappa shape index (κ1) is 5.94. The minimum Gasteiger partial charge on any atom is -0.428 e. The molecular formula is C5H6O4. The van der Waals surface area contributed by atoms with Crippen molar-refractivity contribution in [2.75, 3.05) is 0 Å². The average molecular weight is 130 g/mol. The number of carbonyl (C=O) groups excluding carboxylic acids is 1. The second-order valence-electron chi connectivity index (χ2n) is 1.44. The summed E-state index contributed by atoms with van der Waals surface area (Å²) in [5.74, 6) is -0.427. The third-order valence-corrected chi connectivity index (χ3v) is 0.697. The first-order valence-corrected chi connectivity index (χ1v) is 2.42. The molecule has 0 atom stereocenters. The number of ether oxygens (including phenoxy) is 3. The van der Waals surface area contributed by atoms with Gasteiger partial charge in [-0.25, -0.2) is 0 Å². The summed E-state index contributed by atoms with van der Waals surface area (Å²) in [5.41, 5.74) is 0. The Kier molecular flexibility index (Phi) is 1.58. The molecular weight excluding hydrogens is 124 g/mol. The standard InChI is InChI=1S/C5H6O4/c1-4(6)9-5-7-2-3-8-5/h2-3,5H,1H3. The summed E-state index contributed by atoms with van der Waals surface area (Å²) in [5, 5.41) is 0. The van der Waals surface area contributed by atoms with Crippen LogP contribution in [0.5, 0.6) is 0 Å². The molecule has 0 aromatic heterocycles. The van der Waals surface area contributed by atoms with Crippen LogP contribution in [0.3, 0.4) is 0 Å². The molecule has 50 valence electrons.